The first-order valence-electron chi connectivity index (χ1n) is 11.1. The summed E-state index contributed by atoms with van der Waals surface area (Å²) in [6.07, 6.45) is 3.38. The van der Waals surface area contributed by atoms with E-state index in [1.807, 2.05) is 11.8 Å². The quantitative estimate of drug-likeness (QED) is 0.474. The van der Waals surface area contributed by atoms with Gasteiger partial charge in [0.1, 0.15) is 11.9 Å². The maximum atomic E-state index is 13.2. The van der Waals surface area contributed by atoms with E-state index in [0.717, 1.165) is 56.8 Å². The van der Waals surface area contributed by atoms with Crippen molar-refractivity contribution in [2.45, 2.75) is 58.6 Å². The van der Waals surface area contributed by atoms with Gasteiger partial charge >= 0.3 is 0 Å². The van der Waals surface area contributed by atoms with Gasteiger partial charge in [-0.3, -0.25) is 9.79 Å². The Labute approximate surface area is 180 Å². The van der Waals surface area contributed by atoms with E-state index in [-0.39, 0.29) is 23.9 Å². The fourth-order valence-electron chi connectivity index (χ4n) is 3.82. The van der Waals surface area contributed by atoms with Crippen molar-refractivity contribution in [1.29, 1.82) is 0 Å². The number of nitrogens with zero attached hydrogens (tertiary/aromatic N) is 2. The van der Waals surface area contributed by atoms with E-state index in [1.165, 1.54) is 12.1 Å². The van der Waals surface area contributed by atoms with Crippen LogP contribution in [0, 0.1) is 11.7 Å². The van der Waals surface area contributed by atoms with Crippen LogP contribution in [0.25, 0.3) is 0 Å². The van der Waals surface area contributed by atoms with Gasteiger partial charge in [0.15, 0.2) is 5.96 Å². The van der Waals surface area contributed by atoms with Gasteiger partial charge in [-0.2, -0.15) is 0 Å². The zero-order chi connectivity index (χ0) is 21.9. The van der Waals surface area contributed by atoms with E-state index in [0.29, 0.717) is 12.5 Å². The van der Waals surface area contributed by atoms with Gasteiger partial charge in [-0.15, -0.1) is 0 Å². The number of likely N-dealkylation sites (tertiary alicyclic amines) is 1. The summed E-state index contributed by atoms with van der Waals surface area (Å²) in [6, 6.07) is 6.61. The summed E-state index contributed by atoms with van der Waals surface area (Å²) < 4.78 is 18.7. The fraction of sp³-hybridized carbons (Fsp3) is 0.652. The SMILES string of the molecule is CCNC(=NCC(OC)c1ccc(F)cc1)NC1CCN(C(=O)C(CC)CC)CC1. The molecule has 6 nitrogen and oxygen atoms in total. The summed E-state index contributed by atoms with van der Waals surface area (Å²) >= 11 is 0. The highest BCUT2D eigenvalue weighted by Gasteiger charge is 2.26. The van der Waals surface area contributed by atoms with Crippen molar-refractivity contribution >= 4 is 11.9 Å². The molecule has 30 heavy (non-hydrogen) atoms. The Morgan fingerprint density at radius 3 is 2.37 bits per heavy atom. The standard InChI is InChI=1S/C23H37FN4O2/c1-5-17(6-2)22(29)28-14-12-20(13-15-28)27-23(25-7-3)26-16-21(30-4)18-8-10-19(24)11-9-18/h8-11,17,20-21H,5-7,12-16H2,1-4H3,(H2,25,26,27). The summed E-state index contributed by atoms with van der Waals surface area (Å²) in [5.41, 5.74) is 0.895. The van der Waals surface area contributed by atoms with Crippen molar-refractivity contribution in [3.63, 3.8) is 0 Å². The number of nitrogens with one attached hydrogen (secondary N) is 2. The third kappa shape index (κ3) is 6.97. The normalized spacial score (nSPS) is 16.6. The van der Waals surface area contributed by atoms with E-state index in [1.54, 1.807) is 19.2 Å². The van der Waals surface area contributed by atoms with Crippen LogP contribution in [0.2, 0.25) is 0 Å². The number of ether oxygens (including phenoxy) is 1. The van der Waals surface area contributed by atoms with Gasteiger partial charge in [0.25, 0.3) is 0 Å². The number of piperidine rings is 1. The molecule has 2 N–H and O–H groups in total. The Morgan fingerprint density at radius 1 is 1.20 bits per heavy atom. The van der Waals surface area contributed by atoms with Crippen LogP contribution in [-0.2, 0) is 9.53 Å². The molecular formula is C23H37FN4O2. The molecule has 1 aromatic carbocycles. The van der Waals surface area contributed by atoms with Gasteiger partial charge in [0.2, 0.25) is 5.91 Å². The molecule has 1 fully saturated rings. The summed E-state index contributed by atoms with van der Waals surface area (Å²) in [5.74, 6) is 0.916. The van der Waals surface area contributed by atoms with Crippen LogP contribution in [-0.4, -0.2) is 56.1 Å². The molecule has 1 saturated heterocycles. The molecule has 0 aliphatic carbocycles. The highest BCUT2D eigenvalue weighted by atomic mass is 19.1. The van der Waals surface area contributed by atoms with Crippen molar-refractivity contribution in [1.82, 2.24) is 15.5 Å². The van der Waals surface area contributed by atoms with Crippen LogP contribution >= 0.6 is 0 Å². The molecule has 0 spiro atoms. The fourth-order valence-corrected chi connectivity index (χ4v) is 3.82. The van der Waals surface area contributed by atoms with Gasteiger partial charge in [-0.1, -0.05) is 26.0 Å². The molecule has 7 heteroatoms. The molecule has 1 unspecified atom stereocenters. The second kappa shape index (κ2) is 12.5. The van der Waals surface area contributed by atoms with Crippen LogP contribution in [0.5, 0.6) is 0 Å². The maximum absolute atomic E-state index is 13.2. The predicted molar refractivity (Wildman–Crippen MR) is 119 cm³/mol. The van der Waals surface area contributed by atoms with E-state index in [9.17, 15) is 9.18 Å². The van der Waals surface area contributed by atoms with Gasteiger partial charge in [-0.05, 0) is 50.3 Å². The van der Waals surface area contributed by atoms with Crippen LogP contribution in [0.1, 0.15) is 58.1 Å². The minimum absolute atomic E-state index is 0.144. The Balaban J connectivity index is 1.92. The summed E-state index contributed by atoms with van der Waals surface area (Å²) in [4.78, 5) is 19.3. The van der Waals surface area contributed by atoms with E-state index in [2.05, 4.69) is 29.5 Å². The summed E-state index contributed by atoms with van der Waals surface area (Å²) in [7, 11) is 1.64. The molecule has 1 amide bonds. The highest BCUT2D eigenvalue weighted by Crippen LogP contribution is 2.19. The third-order valence-corrected chi connectivity index (χ3v) is 5.77. The smallest absolute Gasteiger partial charge is 0.225 e. The molecular weight excluding hydrogens is 383 g/mol. The molecule has 1 aliphatic rings. The number of amides is 1. The summed E-state index contributed by atoms with van der Waals surface area (Å²) in [5, 5.41) is 6.78. The lowest BCUT2D eigenvalue weighted by Crippen LogP contribution is -2.50. The van der Waals surface area contributed by atoms with E-state index < -0.39 is 0 Å². The number of rotatable bonds is 9. The minimum Gasteiger partial charge on any atom is -0.375 e. The highest BCUT2D eigenvalue weighted by molar-refractivity contribution is 5.80. The number of halogens is 1. The first kappa shape index (κ1) is 24.1. The number of benzene rings is 1. The topological polar surface area (TPSA) is 66.0 Å². The largest absolute Gasteiger partial charge is 0.375 e. The molecule has 0 radical (unpaired) electrons. The van der Waals surface area contributed by atoms with E-state index >= 15 is 0 Å². The molecule has 1 atom stereocenters. The molecule has 1 aliphatic heterocycles. The molecule has 0 bridgehead atoms. The van der Waals surface area contributed by atoms with E-state index in [4.69, 9.17) is 4.74 Å². The van der Waals surface area contributed by atoms with Crippen LogP contribution in [0.15, 0.2) is 29.3 Å². The van der Waals surface area contributed by atoms with Crippen molar-refractivity contribution in [3.05, 3.63) is 35.6 Å². The van der Waals surface area contributed by atoms with Crippen molar-refractivity contribution in [2.75, 3.05) is 33.3 Å². The Hall–Kier alpha value is -2.15. The monoisotopic (exact) mass is 420 g/mol. The first-order valence-corrected chi connectivity index (χ1v) is 11.1. The Bertz CT molecular complexity index is 668. The second-order valence-electron chi connectivity index (χ2n) is 7.75. The zero-order valence-electron chi connectivity index (χ0n) is 18.8. The molecule has 168 valence electrons. The lowest BCUT2D eigenvalue weighted by atomic mass is 9.98. The molecule has 1 aromatic rings. The molecule has 0 saturated carbocycles. The number of carbonyl (C=O) groups excluding carboxylic acids is 1. The lowest BCUT2D eigenvalue weighted by molar-refractivity contribution is -0.136. The van der Waals surface area contributed by atoms with Gasteiger partial charge in [0, 0.05) is 38.7 Å². The van der Waals surface area contributed by atoms with Crippen molar-refractivity contribution in [2.24, 2.45) is 10.9 Å². The Morgan fingerprint density at radius 2 is 1.83 bits per heavy atom. The maximum Gasteiger partial charge on any atom is 0.225 e. The third-order valence-electron chi connectivity index (χ3n) is 5.77. The van der Waals surface area contributed by atoms with Gasteiger partial charge in [0.05, 0.1) is 6.54 Å². The number of guanidine groups is 1. The summed E-state index contributed by atoms with van der Waals surface area (Å²) in [6.45, 7) is 8.94. The van der Waals surface area contributed by atoms with Gasteiger partial charge < -0.3 is 20.3 Å². The Kier molecular flexibility index (Phi) is 10.1. The van der Waals surface area contributed by atoms with Crippen LogP contribution in [0.4, 0.5) is 4.39 Å². The number of carbonyl (C=O) groups is 1. The van der Waals surface area contributed by atoms with Crippen molar-refractivity contribution < 1.29 is 13.9 Å². The number of hydrogen-bond donors (Lipinski definition) is 2. The zero-order valence-corrected chi connectivity index (χ0v) is 18.8. The molecule has 0 aromatic heterocycles. The second-order valence-corrected chi connectivity index (χ2v) is 7.75. The average molecular weight is 421 g/mol. The number of aliphatic imine (C=N–C) groups is 1. The molecule has 1 heterocycles. The van der Waals surface area contributed by atoms with Crippen molar-refractivity contribution in [3.8, 4) is 0 Å². The van der Waals surface area contributed by atoms with Gasteiger partial charge in [-0.25, -0.2) is 4.39 Å². The van der Waals surface area contributed by atoms with Crippen LogP contribution < -0.4 is 10.6 Å². The number of methoxy groups -OCH3 is 1. The average Bonchev–Trinajstić information content (AvgIpc) is 2.76. The lowest BCUT2D eigenvalue weighted by Gasteiger charge is -2.35. The molecule has 2 rings (SSSR count). The van der Waals surface area contributed by atoms with Crippen LogP contribution in [0.3, 0.4) is 0 Å². The predicted octanol–water partition coefficient (Wildman–Crippen LogP) is 3.50. The first-order chi connectivity index (χ1) is 14.5. The number of hydrogen-bond acceptors (Lipinski definition) is 3. The minimum atomic E-state index is -0.263.